The number of aromatic nitrogens is 2. The molecule has 0 spiro atoms. The molecule has 0 bridgehead atoms. The summed E-state index contributed by atoms with van der Waals surface area (Å²) >= 11 is 2.70. The van der Waals surface area contributed by atoms with Crippen LogP contribution in [0.15, 0.2) is 11.7 Å². The van der Waals surface area contributed by atoms with Gasteiger partial charge in [0, 0.05) is 17.9 Å². The maximum Gasteiger partial charge on any atom is 0.260 e. The van der Waals surface area contributed by atoms with Crippen LogP contribution in [-0.4, -0.2) is 41.0 Å². The van der Waals surface area contributed by atoms with Gasteiger partial charge in [-0.2, -0.15) is 0 Å². The molecule has 25 heavy (non-hydrogen) atoms. The number of amides is 2. The summed E-state index contributed by atoms with van der Waals surface area (Å²) in [5, 5.41) is 0.496. The Morgan fingerprint density at radius 2 is 2.28 bits per heavy atom. The fourth-order valence-corrected chi connectivity index (χ4v) is 4.28. The Bertz CT molecular complexity index is 752. The topological polar surface area (TPSA) is 98.4 Å². The smallest absolute Gasteiger partial charge is 0.260 e. The molecule has 2 N–H and O–H groups in total. The summed E-state index contributed by atoms with van der Waals surface area (Å²) in [7, 11) is 0. The number of primary amides is 1. The molecular weight excluding hydrogens is 360 g/mol. The summed E-state index contributed by atoms with van der Waals surface area (Å²) in [5.41, 5.74) is 8.06. The number of hydrogen-bond acceptors (Lipinski definition) is 7. The SMILES string of the molecule is Cc1ncsc1CCC(=O)N(CC1CCCO1)c1ncc(C(N)=O)s1. The average molecular weight is 380 g/mol. The summed E-state index contributed by atoms with van der Waals surface area (Å²) < 4.78 is 5.66. The number of nitrogens with zero attached hydrogens (tertiary/aromatic N) is 3. The number of carbonyl (C=O) groups excluding carboxylic acids is 2. The molecule has 7 nitrogen and oxygen atoms in total. The lowest BCUT2D eigenvalue weighted by Crippen LogP contribution is -2.37. The first-order valence-electron chi connectivity index (χ1n) is 8.11. The van der Waals surface area contributed by atoms with Crippen LogP contribution in [0, 0.1) is 6.92 Å². The van der Waals surface area contributed by atoms with Gasteiger partial charge in [-0.25, -0.2) is 9.97 Å². The molecule has 9 heteroatoms. The highest BCUT2D eigenvalue weighted by Crippen LogP contribution is 2.26. The van der Waals surface area contributed by atoms with Crippen molar-refractivity contribution in [3.8, 4) is 0 Å². The van der Waals surface area contributed by atoms with Crippen LogP contribution in [0.1, 0.15) is 39.5 Å². The number of nitrogens with two attached hydrogens (primary N) is 1. The number of thiazole rings is 2. The first kappa shape index (κ1) is 18.0. The van der Waals surface area contributed by atoms with E-state index in [-0.39, 0.29) is 12.0 Å². The van der Waals surface area contributed by atoms with Crippen molar-refractivity contribution in [1.29, 1.82) is 0 Å². The molecule has 1 aliphatic rings. The molecule has 2 aromatic rings. The van der Waals surface area contributed by atoms with E-state index in [0.717, 1.165) is 41.4 Å². The first-order valence-corrected chi connectivity index (χ1v) is 9.80. The summed E-state index contributed by atoms with van der Waals surface area (Å²) in [5.74, 6) is -0.567. The highest BCUT2D eigenvalue weighted by Gasteiger charge is 2.26. The van der Waals surface area contributed by atoms with Crippen LogP contribution in [0.2, 0.25) is 0 Å². The van der Waals surface area contributed by atoms with Crippen LogP contribution in [0.3, 0.4) is 0 Å². The van der Waals surface area contributed by atoms with Crippen molar-refractivity contribution in [3.63, 3.8) is 0 Å². The Morgan fingerprint density at radius 3 is 2.88 bits per heavy atom. The molecule has 0 aliphatic carbocycles. The summed E-state index contributed by atoms with van der Waals surface area (Å²) in [6, 6.07) is 0. The minimum absolute atomic E-state index is 0.00928. The van der Waals surface area contributed by atoms with Gasteiger partial charge in [-0.05, 0) is 26.2 Å². The van der Waals surface area contributed by atoms with Crippen molar-refractivity contribution in [2.45, 2.75) is 38.7 Å². The molecule has 0 aromatic carbocycles. The molecule has 1 saturated heterocycles. The van der Waals surface area contributed by atoms with Gasteiger partial charge in [-0.3, -0.25) is 14.5 Å². The van der Waals surface area contributed by atoms with Crippen molar-refractivity contribution in [2.24, 2.45) is 5.73 Å². The van der Waals surface area contributed by atoms with Crippen LogP contribution in [0.5, 0.6) is 0 Å². The molecule has 1 aliphatic heterocycles. The number of hydrogen-bond donors (Lipinski definition) is 1. The van der Waals surface area contributed by atoms with Crippen LogP contribution in [-0.2, 0) is 16.0 Å². The highest BCUT2D eigenvalue weighted by atomic mass is 32.1. The molecule has 134 valence electrons. The van der Waals surface area contributed by atoms with E-state index in [9.17, 15) is 9.59 Å². The Morgan fingerprint density at radius 1 is 1.44 bits per heavy atom. The summed E-state index contributed by atoms with van der Waals surface area (Å²) in [6.45, 7) is 3.11. The van der Waals surface area contributed by atoms with Crippen LogP contribution >= 0.6 is 22.7 Å². The predicted molar refractivity (Wildman–Crippen MR) is 97.1 cm³/mol. The monoisotopic (exact) mass is 380 g/mol. The minimum atomic E-state index is -0.534. The Kier molecular flexibility index (Phi) is 5.77. The summed E-state index contributed by atoms with van der Waals surface area (Å²) in [4.78, 5) is 35.7. The Labute approximate surface area is 153 Å². The molecule has 0 saturated carbocycles. The second-order valence-electron chi connectivity index (χ2n) is 5.87. The minimum Gasteiger partial charge on any atom is -0.376 e. The van der Waals surface area contributed by atoms with Crippen molar-refractivity contribution in [1.82, 2.24) is 9.97 Å². The lowest BCUT2D eigenvalue weighted by molar-refractivity contribution is -0.118. The zero-order valence-corrected chi connectivity index (χ0v) is 15.6. The van der Waals surface area contributed by atoms with Crippen molar-refractivity contribution >= 4 is 39.6 Å². The largest absolute Gasteiger partial charge is 0.376 e. The summed E-state index contributed by atoms with van der Waals surface area (Å²) in [6.07, 6.45) is 4.36. The maximum atomic E-state index is 12.8. The number of ether oxygens (including phenoxy) is 1. The van der Waals surface area contributed by atoms with E-state index < -0.39 is 5.91 Å². The third-order valence-corrected chi connectivity index (χ3v) is 6.12. The third kappa shape index (κ3) is 4.42. The van der Waals surface area contributed by atoms with E-state index in [4.69, 9.17) is 10.5 Å². The van der Waals surface area contributed by atoms with Crippen LogP contribution in [0.25, 0.3) is 0 Å². The molecule has 3 heterocycles. The molecular formula is C16H20N4O3S2. The van der Waals surface area contributed by atoms with E-state index in [1.807, 2.05) is 6.92 Å². The zero-order chi connectivity index (χ0) is 17.8. The quantitative estimate of drug-likeness (QED) is 0.793. The molecule has 1 unspecified atom stereocenters. The molecule has 2 aromatic heterocycles. The van der Waals surface area contributed by atoms with Crippen molar-refractivity contribution in [3.05, 3.63) is 27.2 Å². The molecule has 1 fully saturated rings. The number of rotatable bonds is 7. The Hall–Kier alpha value is -1.84. The second-order valence-corrected chi connectivity index (χ2v) is 7.82. The van der Waals surface area contributed by atoms with Crippen LogP contribution < -0.4 is 10.6 Å². The molecule has 2 amide bonds. The highest BCUT2D eigenvalue weighted by molar-refractivity contribution is 7.17. The third-order valence-electron chi connectivity index (χ3n) is 4.09. The predicted octanol–water partition coefficient (Wildman–Crippen LogP) is 2.15. The van der Waals surface area contributed by atoms with Crippen molar-refractivity contribution < 1.29 is 14.3 Å². The van der Waals surface area contributed by atoms with Gasteiger partial charge in [0.15, 0.2) is 5.13 Å². The zero-order valence-electron chi connectivity index (χ0n) is 13.9. The van der Waals surface area contributed by atoms with Gasteiger partial charge in [-0.1, -0.05) is 11.3 Å². The molecule has 1 atom stereocenters. The maximum absolute atomic E-state index is 12.8. The van der Waals surface area contributed by atoms with Gasteiger partial charge < -0.3 is 10.5 Å². The van der Waals surface area contributed by atoms with E-state index >= 15 is 0 Å². The second kappa shape index (κ2) is 8.03. The van der Waals surface area contributed by atoms with Crippen LogP contribution in [0.4, 0.5) is 5.13 Å². The number of aryl methyl sites for hydroxylation is 2. The molecule has 0 radical (unpaired) electrons. The van der Waals surface area contributed by atoms with Gasteiger partial charge >= 0.3 is 0 Å². The fraction of sp³-hybridized carbons (Fsp3) is 0.500. The lowest BCUT2D eigenvalue weighted by Gasteiger charge is -2.23. The number of anilines is 1. The van der Waals surface area contributed by atoms with Gasteiger partial charge in [-0.15, -0.1) is 11.3 Å². The van der Waals surface area contributed by atoms with E-state index in [0.29, 0.717) is 29.4 Å². The Balaban J connectivity index is 1.73. The average Bonchev–Trinajstić information content (AvgIpc) is 3.32. The normalized spacial score (nSPS) is 16.9. The van der Waals surface area contributed by atoms with Gasteiger partial charge in [0.25, 0.3) is 5.91 Å². The van der Waals surface area contributed by atoms with Crippen molar-refractivity contribution in [2.75, 3.05) is 18.1 Å². The standard InChI is InChI=1S/C16H20N4O3S2/c1-10-12(24-9-19-10)4-5-14(21)20(8-11-3-2-6-23-11)16-18-7-13(25-16)15(17)22/h7,9,11H,2-6,8H2,1H3,(H2,17,22). The first-order chi connectivity index (χ1) is 12.0. The number of carbonyl (C=O) groups is 2. The van der Waals surface area contributed by atoms with Gasteiger partial charge in [0.1, 0.15) is 4.88 Å². The van der Waals surface area contributed by atoms with Gasteiger partial charge in [0.05, 0.1) is 30.1 Å². The lowest BCUT2D eigenvalue weighted by atomic mass is 10.2. The fourth-order valence-electron chi connectivity index (χ4n) is 2.70. The molecule has 3 rings (SSSR count). The van der Waals surface area contributed by atoms with E-state index in [1.165, 1.54) is 6.20 Å². The van der Waals surface area contributed by atoms with E-state index in [1.54, 1.807) is 21.7 Å². The van der Waals surface area contributed by atoms with E-state index in [2.05, 4.69) is 9.97 Å². The van der Waals surface area contributed by atoms with Gasteiger partial charge in [0.2, 0.25) is 5.91 Å².